The number of methoxy groups -OCH3 is 1. The van der Waals surface area contributed by atoms with Crippen molar-refractivity contribution in [3.63, 3.8) is 0 Å². The molecule has 2 heterocycles. The lowest BCUT2D eigenvalue weighted by molar-refractivity contribution is -0.0366. The zero-order valence-electron chi connectivity index (χ0n) is 14.6. The van der Waals surface area contributed by atoms with E-state index in [4.69, 9.17) is 9.47 Å². The zero-order valence-corrected chi connectivity index (χ0v) is 14.6. The van der Waals surface area contributed by atoms with Gasteiger partial charge in [-0.1, -0.05) is 0 Å². The Balaban J connectivity index is 1.88. The molecule has 7 heteroatoms. The second-order valence-corrected chi connectivity index (χ2v) is 7.12. The Morgan fingerprint density at radius 3 is 2.92 bits per heavy atom. The van der Waals surface area contributed by atoms with Gasteiger partial charge < -0.3 is 19.5 Å². The topological polar surface area (TPSA) is 76.7 Å². The number of rotatable bonds is 4. The highest BCUT2D eigenvalue weighted by atomic mass is 16.5. The molecule has 2 N–H and O–H groups in total. The molecular weight excluding hydrogens is 319 g/mol. The molecule has 0 spiro atoms. The van der Waals surface area contributed by atoms with Crippen molar-refractivity contribution in [3.05, 3.63) is 23.4 Å². The van der Waals surface area contributed by atoms with E-state index in [0.29, 0.717) is 12.1 Å². The van der Waals surface area contributed by atoms with Crippen molar-refractivity contribution in [2.24, 2.45) is 0 Å². The van der Waals surface area contributed by atoms with E-state index in [0.717, 1.165) is 61.6 Å². The summed E-state index contributed by atoms with van der Waals surface area (Å²) in [5, 5.41) is 25.6. The molecule has 1 saturated heterocycles. The zero-order chi connectivity index (χ0) is 17.4. The first-order valence-corrected chi connectivity index (χ1v) is 9.20. The van der Waals surface area contributed by atoms with E-state index in [1.54, 1.807) is 13.3 Å². The molecule has 25 heavy (non-hydrogen) atoms. The van der Waals surface area contributed by atoms with Gasteiger partial charge >= 0.3 is 7.12 Å². The summed E-state index contributed by atoms with van der Waals surface area (Å²) in [5.74, 6) is 0.198. The maximum atomic E-state index is 10.1. The standard InChI is InChI=1S/C18H25BN2O4/c1-24-11-13-6-4-5-12-9-15-14(18(17(12)13)19(22)23)10-20-21(15)16-7-2-3-8-25-16/h9-10,13,16,22-23H,2-8,11H2,1H3. The van der Waals surface area contributed by atoms with Crippen LogP contribution in [-0.4, -0.2) is 47.3 Å². The maximum Gasteiger partial charge on any atom is 0.489 e. The first kappa shape index (κ1) is 17.0. The number of hydrogen-bond acceptors (Lipinski definition) is 5. The molecular formula is C18H25BN2O4. The number of ether oxygens (including phenoxy) is 2. The summed E-state index contributed by atoms with van der Waals surface area (Å²) >= 11 is 0. The summed E-state index contributed by atoms with van der Waals surface area (Å²) in [7, 11) is 0.181. The Bertz CT molecular complexity index is 755. The summed E-state index contributed by atoms with van der Waals surface area (Å²) in [6, 6.07) is 2.17. The van der Waals surface area contributed by atoms with E-state index < -0.39 is 7.12 Å². The van der Waals surface area contributed by atoms with Crippen LogP contribution in [0, 0.1) is 0 Å². The molecule has 1 fully saturated rings. The van der Waals surface area contributed by atoms with Gasteiger partial charge in [-0.05, 0) is 61.2 Å². The SMILES string of the molecule is COCC1CCCc2cc3c(cnn3C3CCCCO3)c(B(O)O)c21. The predicted molar refractivity (Wildman–Crippen MR) is 96.0 cm³/mol. The van der Waals surface area contributed by atoms with Crippen molar-refractivity contribution in [1.82, 2.24) is 9.78 Å². The molecule has 2 aliphatic rings. The van der Waals surface area contributed by atoms with Crippen LogP contribution in [0.1, 0.15) is 55.4 Å². The number of aromatic nitrogens is 2. The predicted octanol–water partition coefficient (Wildman–Crippen LogP) is 1.48. The molecule has 134 valence electrons. The first-order chi connectivity index (χ1) is 12.2. The fourth-order valence-electron chi connectivity index (χ4n) is 4.45. The molecule has 0 saturated carbocycles. The Kier molecular flexibility index (Phi) is 4.82. The maximum absolute atomic E-state index is 10.1. The minimum absolute atomic E-state index is 0.0636. The molecule has 2 aromatic rings. The third kappa shape index (κ3) is 2.99. The molecule has 1 aliphatic heterocycles. The highest BCUT2D eigenvalue weighted by Gasteiger charge is 2.32. The van der Waals surface area contributed by atoms with Gasteiger partial charge in [0, 0.05) is 25.0 Å². The summed E-state index contributed by atoms with van der Waals surface area (Å²) in [4.78, 5) is 0. The van der Waals surface area contributed by atoms with Crippen LogP contribution in [0.25, 0.3) is 10.9 Å². The lowest BCUT2D eigenvalue weighted by atomic mass is 9.67. The second kappa shape index (κ2) is 7.07. The second-order valence-electron chi connectivity index (χ2n) is 7.12. The lowest BCUT2D eigenvalue weighted by Crippen LogP contribution is -2.37. The van der Waals surface area contributed by atoms with E-state index in [1.807, 2.05) is 4.68 Å². The fraction of sp³-hybridized carbons (Fsp3) is 0.611. The molecule has 0 amide bonds. The third-order valence-corrected chi connectivity index (χ3v) is 5.53. The third-order valence-electron chi connectivity index (χ3n) is 5.53. The van der Waals surface area contributed by atoms with Crippen molar-refractivity contribution < 1.29 is 19.5 Å². The minimum Gasteiger partial charge on any atom is -0.423 e. The van der Waals surface area contributed by atoms with Crippen molar-refractivity contribution in [2.75, 3.05) is 20.3 Å². The van der Waals surface area contributed by atoms with Crippen LogP contribution in [0.3, 0.4) is 0 Å². The van der Waals surface area contributed by atoms with Crippen molar-refractivity contribution in [3.8, 4) is 0 Å². The smallest absolute Gasteiger partial charge is 0.423 e. The van der Waals surface area contributed by atoms with E-state index in [2.05, 4.69) is 11.2 Å². The molecule has 0 radical (unpaired) electrons. The summed E-state index contributed by atoms with van der Waals surface area (Å²) in [5.41, 5.74) is 3.75. The van der Waals surface area contributed by atoms with Crippen molar-refractivity contribution in [1.29, 1.82) is 0 Å². The number of hydrogen-bond donors (Lipinski definition) is 2. The first-order valence-electron chi connectivity index (χ1n) is 9.20. The van der Waals surface area contributed by atoms with Crippen LogP contribution < -0.4 is 5.46 Å². The van der Waals surface area contributed by atoms with Crippen molar-refractivity contribution >= 4 is 23.5 Å². The monoisotopic (exact) mass is 344 g/mol. The molecule has 1 aromatic carbocycles. The van der Waals surface area contributed by atoms with E-state index >= 15 is 0 Å². The molecule has 1 aliphatic carbocycles. The van der Waals surface area contributed by atoms with Crippen LogP contribution in [0.15, 0.2) is 12.3 Å². The summed E-state index contributed by atoms with van der Waals surface area (Å²) in [6.45, 7) is 1.35. The van der Waals surface area contributed by atoms with Crippen LogP contribution in [-0.2, 0) is 15.9 Å². The largest absolute Gasteiger partial charge is 0.489 e. The quantitative estimate of drug-likeness (QED) is 0.822. The Labute approximate surface area is 147 Å². The number of nitrogens with zero attached hydrogens (tertiary/aromatic N) is 2. The summed E-state index contributed by atoms with van der Waals surface area (Å²) in [6.07, 6.45) is 7.88. The highest BCUT2D eigenvalue weighted by molar-refractivity contribution is 6.62. The van der Waals surface area contributed by atoms with Gasteiger partial charge in [-0.15, -0.1) is 0 Å². The van der Waals surface area contributed by atoms with Crippen LogP contribution in [0.4, 0.5) is 0 Å². The molecule has 1 aromatic heterocycles. The molecule has 0 bridgehead atoms. The fourth-order valence-corrected chi connectivity index (χ4v) is 4.45. The van der Waals surface area contributed by atoms with Gasteiger partial charge in [-0.3, -0.25) is 0 Å². The van der Waals surface area contributed by atoms with Gasteiger partial charge in [0.2, 0.25) is 0 Å². The van der Waals surface area contributed by atoms with E-state index in [1.165, 1.54) is 5.56 Å². The Morgan fingerprint density at radius 1 is 1.32 bits per heavy atom. The molecule has 2 atom stereocenters. The van der Waals surface area contributed by atoms with Gasteiger partial charge in [-0.25, -0.2) is 4.68 Å². The van der Waals surface area contributed by atoms with Gasteiger partial charge in [0.15, 0.2) is 6.23 Å². The number of benzene rings is 1. The average Bonchev–Trinajstić information content (AvgIpc) is 3.04. The van der Waals surface area contributed by atoms with E-state index in [-0.39, 0.29) is 12.1 Å². The van der Waals surface area contributed by atoms with Gasteiger partial charge in [0.25, 0.3) is 0 Å². The van der Waals surface area contributed by atoms with Crippen molar-refractivity contribution in [2.45, 2.75) is 50.7 Å². The van der Waals surface area contributed by atoms with Gasteiger partial charge in [0.1, 0.15) is 0 Å². The number of aryl methyl sites for hydroxylation is 1. The average molecular weight is 344 g/mol. The van der Waals surface area contributed by atoms with Crippen LogP contribution in [0.2, 0.25) is 0 Å². The van der Waals surface area contributed by atoms with Crippen LogP contribution >= 0.6 is 0 Å². The Morgan fingerprint density at radius 2 is 2.20 bits per heavy atom. The molecule has 4 rings (SSSR count). The highest BCUT2D eigenvalue weighted by Crippen LogP contribution is 2.35. The van der Waals surface area contributed by atoms with Crippen LogP contribution in [0.5, 0.6) is 0 Å². The number of fused-ring (bicyclic) bond motifs is 2. The van der Waals surface area contributed by atoms with Gasteiger partial charge in [-0.2, -0.15) is 5.10 Å². The minimum atomic E-state index is -1.51. The normalized spacial score (nSPS) is 23.6. The lowest BCUT2D eigenvalue weighted by Gasteiger charge is -2.29. The Hall–Kier alpha value is -1.41. The summed E-state index contributed by atoms with van der Waals surface area (Å²) < 4.78 is 13.2. The van der Waals surface area contributed by atoms with Gasteiger partial charge in [0.05, 0.1) is 18.3 Å². The molecule has 6 nitrogen and oxygen atoms in total. The van der Waals surface area contributed by atoms with E-state index in [9.17, 15) is 10.0 Å². The molecule has 2 unspecified atom stereocenters.